The third kappa shape index (κ3) is 1.13. The van der Waals surface area contributed by atoms with Crippen molar-refractivity contribution >= 4 is 11.6 Å². The second-order valence-corrected chi connectivity index (χ2v) is 2.85. The Morgan fingerprint density at radius 1 is 1.27 bits per heavy atom. The maximum absolute atomic E-state index is 5.62. The first kappa shape index (κ1) is 7.92. The molecule has 0 fully saturated rings. The number of anilines is 1. The maximum atomic E-state index is 5.62. The van der Waals surface area contributed by atoms with Crippen molar-refractivity contribution in [2.45, 2.75) is 0 Å². The molecule has 2 N–H and O–H groups in total. The number of fused-ring (bicyclic) bond motifs is 1. The fraction of sp³-hybridized carbons (Fsp3) is 0. The molecule has 74 valence electrons. The second-order valence-electron chi connectivity index (χ2n) is 2.85. The molecular weight excluding hydrogens is 196 g/mol. The van der Waals surface area contributed by atoms with Gasteiger partial charge in [-0.15, -0.1) is 5.10 Å². The van der Waals surface area contributed by atoms with E-state index in [1.54, 1.807) is 12.3 Å². The highest BCUT2D eigenvalue weighted by atomic mass is 16.3. The zero-order valence-corrected chi connectivity index (χ0v) is 7.53. The predicted molar refractivity (Wildman–Crippen MR) is 50.7 cm³/mol. The Morgan fingerprint density at radius 2 is 2.20 bits per heavy atom. The molecule has 0 aromatic carbocycles. The van der Waals surface area contributed by atoms with E-state index in [9.17, 15) is 0 Å². The number of hydrogen-bond acceptors (Lipinski definition) is 6. The van der Waals surface area contributed by atoms with E-state index < -0.39 is 0 Å². The average molecular weight is 202 g/mol. The molecule has 0 amide bonds. The molecule has 0 atom stereocenters. The highest BCUT2D eigenvalue weighted by Crippen LogP contribution is 2.14. The van der Waals surface area contributed by atoms with Gasteiger partial charge in [-0.1, -0.05) is 0 Å². The average Bonchev–Trinajstić information content (AvgIpc) is 2.86. The second kappa shape index (κ2) is 2.77. The minimum absolute atomic E-state index is 0.276. The van der Waals surface area contributed by atoms with Crippen LogP contribution in [0.3, 0.4) is 0 Å². The normalized spacial score (nSPS) is 10.9. The molecule has 3 aromatic rings. The molecule has 0 saturated carbocycles. The van der Waals surface area contributed by atoms with Crippen LogP contribution in [-0.2, 0) is 0 Å². The van der Waals surface area contributed by atoms with Crippen molar-refractivity contribution < 1.29 is 4.42 Å². The maximum Gasteiger partial charge on any atom is 0.266 e. The summed E-state index contributed by atoms with van der Waals surface area (Å²) in [5.41, 5.74) is 6.23. The molecule has 3 rings (SSSR count). The quantitative estimate of drug-likeness (QED) is 0.612. The molecule has 0 saturated heterocycles. The minimum Gasteiger partial charge on any atom is -0.442 e. The van der Waals surface area contributed by atoms with Gasteiger partial charge in [0, 0.05) is 12.3 Å². The summed E-state index contributed by atoms with van der Waals surface area (Å²) in [6.45, 7) is 0. The molecule has 15 heavy (non-hydrogen) atoms. The Hall–Kier alpha value is -2.44. The van der Waals surface area contributed by atoms with E-state index in [1.807, 2.05) is 0 Å². The summed E-state index contributed by atoms with van der Waals surface area (Å²) in [5, 5.41) is 4.12. The van der Waals surface area contributed by atoms with Crippen molar-refractivity contribution in [1.29, 1.82) is 0 Å². The summed E-state index contributed by atoms with van der Waals surface area (Å²) < 4.78 is 6.51. The van der Waals surface area contributed by atoms with E-state index in [2.05, 4.69) is 20.1 Å². The van der Waals surface area contributed by atoms with Crippen LogP contribution in [0.1, 0.15) is 0 Å². The van der Waals surface area contributed by atoms with Crippen LogP contribution in [-0.4, -0.2) is 24.6 Å². The van der Waals surface area contributed by atoms with E-state index in [4.69, 9.17) is 10.2 Å². The molecule has 0 aliphatic rings. The number of rotatable bonds is 1. The van der Waals surface area contributed by atoms with Gasteiger partial charge in [0.1, 0.15) is 6.26 Å². The van der Waals surface area contributed by atoms with Crippen LogP contribution in [0.15, 0.2) is 29.1 Å². The molecule has 7 nitrogen and oxygen atoms in total. The van der Waals surface area contributed by atoms with Crippen LogP contribution in [0.4, 0.5) is 5.95 Å². The molecule has 0 aliphatic carbocycles. The summed E-state index contributed by atoms with van der Waals surface area (Å²) in [5.74, 6) is 1.02. The minimum atomic E-state index is 0.276. The van der Waals surface area contributed by atoms with Gasteiger partial charge in [0.15, 0.2) is 5.65 Å². The van der Waals surface area contributed by atoms with Gasteiger partial charge in [-0.05, 0) is 0 Å². The monoisotopic (exact) mass is 202 g/mol. The van der Waals surface area contributed by atoms with Gasteiger partial charge in [0.05, 0.1) is 6.20 Å². The largest absolute Gasteiger partial charge is 0.442 e. The lowest BCUT2D eigenvalue weighted by Crippen LogP contribution is -2.00. The van der Waals surface area contributed by atoms with Crippen LogP contribution in [0.5, 0.6) is 0 Å². The number of hydrogen-bond donors (Lipinski definition) is 1. The fourth-order valence-electron chi connectivity index (χ4n) is 1.26. The van der Waals surface area contributed by atoms with Gasteiger partial charge < -0.3 is 10.2 Å². The van der Waals surface area contributed by atoms with Gasteiger partial charge in [0.2, 0.25) is 11.8 Å². The smallest absolute Gasteiger partial charge is 0.266 e. The van der Waals surface area contributed by atoms with Gasteiger partial charge in [-0.25, -0.2) is 15.0 Å². The van der Waals surface area contributed by atoms with Crippen LogP contribution in [0, 0.1) is 0 Å². The number of aromatic nitrogens is 5. The number of nitrogens with zero attached hydrogens (tertiary/aromatic N) is 5. The van der Waals surface area contributed by atoms with Crippen molar-refractivity contribution in [2.24, 2.45) is 0 Å². The van der Waals surface area contributed by atoms with Crippen molar-refractivity contribution in [2.75, 3.05) is 5.73 Å². The lowest BCUT2D eigenvalue weighted by molar-refractivity contribution is 0.569. The lowest BCUT2D eigenvalue weighted by Gasteiger charge is -1.92. The molecule has 0 radical (unpaired) electrons. The van der Waals surface area contributed by atoms with Crippen LogP contribution >= 0.6 is 0 Å². The molecule has 3 aromatic heterocycles. The molecule has 0 bridgehead atoms. The van der Waals surface area contributed by atoms with Crippen molar-refractivity contribution in [3.63, 3.8) is 0 Å². The van der Waals surface area contributed by atoms with Gasteiger partial charge in [-0.2, -0.15) is 4.52 Å². The highest BCUT2D eigenvalue weighted by Gasteiger charge is 2.11. The van der Waals surface area contributed by atoms with Gasteiger partial charge >= 0.3 is 0 Å². The summed E-state index contributed by atoms with van der Waals surface area (Å²) >= 11 is 0. The highest BCUT2D eigenvalue weighted by molar-refractivity contribution is 5.50. The number of oxazole rings is 1. The molecule has 7 heteroatoms. The summed E-state index contributed by atoms with van der Waals surface area (Å²) in [6, 6.07) is 1.70. The van der Waals surface area contributed by atoms with Gasteiger partial charge in [0.25, 0.3) is 5.89 Å². The Kier molecular flexibility index (Phi) is 1.46. The van der Waals surface area contributed by atoms with E-state index in [1.165, 1.54) is 17.0 Å². The van der Waals surface area contributed by atoms with E-state index in [0.717, 1.165) is 0 Å². The number of nitrogen functional groups attached to an aromatic ring is 1. The number of nitrogens with two attached hydrogens (primary N) is 1. The van der Waals surface area contributed by atoms with Crippen LogP contribution in [0.25, 0.3) is 17.4 Å². The Labute approximate surface area is 83.6 Å². The van der Waals surface area contributed by atoms with Crippen molar-refractivity contribution in [1.82, 2.24) is 24.6 Å². The Balaban J connectivity index is 2.27. The zero-order valence-electron chi connectivity index (χ0n) is 7.53. The van der Waals surface area contributed by atoms with Crippen molar-refractivity contribution in [3.05, 3.63) is 24.7 Å². The lowest BCUT2D eigenvalue weighted by atomic mass is 10.6. The topological polar surface area (TPSA) is 95.1 Å². The first-order valence-electron chi connectivity index (χ1n) is 4.22. The summed E-state index contributed by atoms with van der Waals surface area (Å²) in [6.07, 6.45) is 4.56. The van der Waals surface area contributed by atoms with E-state index in [0.29, 0.717) is 17.4 Å². The van der Waals surface area contributed by atoms with Crippen LogP contribution in [0.2, 0.25) is 0 Å². The zero-order chi connectivity index (χ0) is 10.3. The summed E-state index contributed by atoms with van der Waals surface area (Å²) in [7, 11) is 0. The molecular formula is C8H6N6O. The molecule has 3 heterocycles. The third-order valence-corrected chi connectivity index (χ3v) is 1.90. The standard InChI is InChI=1S/C8H6N6O/c9-8-11-2-1-5-12-6(13-14(5)8)7-10-3-4-15-7/h1-4H,(H2,9,11). The van der Waals surface area contributed by atoms with Gasteiger partial charge in [-0.3, -0.25) is 0 Å². The SMILES string of the molecule is Nc1nccc2nc(-c3ncco3)nn12. The summed E-state index contributed by atoms with van der Waals surface area (Å²) in [4.78, 5) is 12.0. The van der Waals surface area contributed by atoms with E-state index in [-0.39, 0.29) is 5.95 Å². The first-order chi connectivity index (χ1) is 7.34. The third-order valence-electron chi connectivity index (χ3n) is 1.90. The van der Waals surface area contributed by atoms with Crippen molar-refractivity contribution in [3.8, 4) is 11.7 Å². The fourth-order valence-corrected chi connectivity index (χ4v) is 1.26. The Bertz CT molecular complexity index is 599. The predicted octanol–water partition coefficient (Wildman–Crippen LogP) is 0.361. The Morgan fingerprint density at radius 3 is 2.93 bits per heavy atom. The van der Waals surface area contributed by atoms with Crippen LogP contribution < -0.4 is 5.73 Å². The molecule has 0 aliphatic heterocycles. The molecule has 0 spiro atoms. The molecule has 0 unspecified atom stereocenters. The van der Waals surface area contributed by atoms with E-state index >= 15 is 0 Å². The first-order valence-corrected chi connectivity index (χ1v) is 4.22.